The molecule has 0 spiro atoms. The Kier molecular flexibility index (Phi) is 2.52. The van der Waals surface area contributed by atoms with Crippen LogP contribution in [0.15, 0.2) is 12.4 Å². The Hall–Kier alpha value is -1.16. The summed E-state index contributed by atoms with van der Waals surface area (Å²) in [5.74, 6) is 1.58. The highest BCUT2D eigenvalue weighted by molar-refractivity contribution is 5.79. The van der Waals surface area contributed by atoms with E-state index in [2.05, 4.69) is 14.5 Å². The molecule has 0 radical (unpaired) electrons. The maximum atomic E-state index is 11.5. The molecule has 2 heterocycles. The van der Waals surface area contributed by atoms with E-state index < -0.39 is 0 Å². The van der Waals surface area contributed by atoms with Crippen molar-refractivity contribution < 1.29 is 4.79 Å². The topological polar surface area (TPSA) is 38.1 Å². The fourth-order valence-corrected chi connectivity index (χ4v) is 2.82. The Bertz CT molecular complexity index is 399. The zero-order chi connectivity index (χ0) is 11.0. The van der Waals surface area contributed by atoms with Crippen LogP contribution in [0.4, 0.5) is 0 Å². The SMILES string of the molecule is O=C1CCCC(N2CCn3ccnc3C2)C1. The van der Waals surface area contributed by atoms with Crippen LogP contribution < -0.4 is 0 Å². The molecule has 2 aliphatic rings. The van der Waals surface area contributed by atoms with Crippen LogP contribution in [0, 0.1) is 0 Å². The number of rotatable bonds is 1. The monoisotopic (exact) mass is 219 g/mol. The minimum atomic E-state index is 0.435. The average molecular weight is 219 g/mol. The van der Waals surface area contributed by atoms with Crippen molar-refractivity contribution in [3.63, 3.8) is 0 Å². The largest absolute Gasteiger partial charge is 0.333 e. The highest BCUT2D eigenvalue weighted by atomic mass is 16.1. The van der Waals surface area contributed by atoms with Crippen LogP contribution in [0.2, 0.25) is 0 Å². The van der Waals surface area contributed by atoms with E-state index in [0.29, 0.717) is 11.8 Å². The van der Waals surface area contributed by atoms with Crippen molar-refractivity contribution in [3.05, 3.63) is 18.2 Å². The van der Waals surface area contributed by atoms with Crippen LogP contribution in [0.3, 0.4) is 0 Å². The van der Waals surface area contributed by atoms with Gasteiger partial charge in [-0.25, -0.2) is 4.98 Å². The number of aromatic nitrogens is 2. The van der Waals surface area contributed by atoms with Crippen molar-refractivity contribution in [1.29, 1.82) is 0 Å². The molecule has 1 unspecified atom stereocenters. The van der Waals surface area contributed by atoms with Gasteiger partial charge in [0.2, 0.25) is 0 Å². The molecule has 1 aliphatic heterocycles. The molecule has 0 bridgehead atoms. The number of carbonyl (C=O) groups is 1. The molecular weight excluding hydrogens is 202 g/mol. The summed E-state index contributed by atoms with van der Waals surface area (Å²) in [6.45, 7) is 2.98. The van der Waals surface area contributed by atoms with Gasteiger partial charge in [0.1, 0.15) is 11.6 Å². The minimum absolute atomic E-state index is 0.435. The molecule has 3 rings (SSSR count). The van der Waals surface area contributed by atoms with Crippen LogP contribution in [0.1, 0.15) is 31.5 Å². The van der Waals surface area contributed by atoms with Crippen LogP contribution in [-0.2, 0) is 17.9 Å². The fraction of sp³-hybridized carbons (Fsp3) is 0.667. The number of carbonyl (C=O) groups excluding carboxylic acids is 1. The number of hydrogen-bond donors (Lipinski definition) is 0. The zero-order valence-electron chi connectivity index (χ0n) is 9.43. The number of imidazole rings is 1. The van der Waals surface area contributed by atoms with Crippen molar-refractivity contribution in [2.75, 3.05) is 6.54 Å². The summed E-state index contributed by atoms with van der Waals surface area (Å²) in [4.78, 5) is 18.3. The van der Waals surface area contributed by atoms with E-state index in [1.165, 1.54) is 6.42 Å². The van der Waals surface area contributed by atoms with E-state index in [1.807, 2.05) is 12.4 Å². The Morgan fingerprint density at radius 3 is 3.19 bits per heavy atom. The van der Waals surface area contributed by atoms with Gasteiger partial charge in [-0.05, 0) is 12.8 Å². The third-order valence-corrected chi connectivity index (χ3v) is 3.75. The van der Waals surface area contributed by atoms with Gasteiger partial charge in [0.05, 0.1) is 6.54 Å². The van der Waals surface area contributed by atoms with Gasteiger partial charge in [0.15, 0.2) is 0 Å². The Morgan fingerprint density at radius 1 is 1.38 bits per heavy atom. The zero-order valence-corrected chi connectivity index (χ0v) is 9.43. The summed E-state index contributed by atoms with van der Waals surface area (Å²) in [6.07, 6.45) is 7.68. The predicted octanol–water partition coefficient (Wildman–Crippen LogP) is 1.21. The number of Topliss-reactive ketones (excluding diaryl/α,β-unsaturated/α-hetero) is 1. The smallest absolute Gasteiger partial charge is 0.134 e. The first-order valence-electron chi connectivity index (χ1n) is 6.09. The second-order valence-corrected chi connectivity index (χ2v) is 4.80. The Labute approximate surface area is 95.3 Å². The highest BCUT2D eigenvalue weighted by Gasteiger charge is 2.28. The van der Waals surface area contributed by atoms with E-state index in [-0.39, 0.29) is 0 Å². The fourth-order valence-electron chi connectivity index (χ4n) is 2.82. The molecule has 86 valence electrons. The molecule has 16 heavy (non-hydrogen) atoms. The average Bonchev–Trinajstić information content (AvgIpc) is 2.75. The van der Waals surface area contributed by atoms with E-state index in [9.17, 15) is 4.79 Å². The van der Waals surface area contributed by atoms with Gasteiger partial charge < -0.3 is 4.57 Å². The third-order valence-electron chi connectivity index (χ3n) is 3.75. The van der Waals surface area contributed by atoms with Gasteiger partial charge in [-0.15, -0.1) is 0 Å². The maximum Gasteiger partial charge on any atom is 0.134 e. The van der Waals surface area contributed by atoms with Gasteiger partial charge in [0, 0.05) is 44.4 Å². The minimum Gasteiger partial charge on any atom is -0.333 e. The summed E-state index contributed by atoms with van der Waals surface area (Å²) in [5.41, 5.74) is 0. The lowest BCUT2D eigenvalue weighted by Gasteiger charge is -2.36. The third kappa shape index (κ3) is 1.78. The number of hydrogen-bond acceptors (Lipinski definition) is 3. The second kappa shape index (κ2) is 4.01. The summed E-state index contributed by atoms with van der Waals surface area (Å²) in [7, 11) is 0. The molecule has 1 aromatic rings. The number of fused-ring (bicyclic) bond motifs is 1. The van der Waals surface area contributed by atoms with Crippen molar-refractivity contribution in [2.24, 2.45) is 0 Å². The summed E-state index contributed by atoms with van der Waals surface area (Å²) >= 11 is 0. The Morgan fingerprint density at radius 2 is 2.31 bits per heavy atom. The molecule has 0 amide bonds. The molecule has 1 saturated carbocycles. The van der Waals surface area contributed by atoms with Gasteiger partial charge in [-0.1, -0.05) is 0 Å². The molecule has 4 nitrogen and oxygen atoms in total. The molecule has 1 fully saturated rings. The van der Waals surface area contributed by atoms with Gasteiger partial charge in [-0.2, -0.15) is 0 Å². The predicted molar refractivity (Wildman–Crippen MR) is 59.9 cm³/mol. The Balaban J connectivity index is 1.71. The van der Waals surface area contributed by atoms with Crippen LogP contribution >= 0.6 is 0 Å². The lowest BCUT2D eigenvalue weighted by atomic mass is 9.93. The standard InChI is InChI=1S/C12H17N3O/c16-11-3-1-2-10(8-11)15-7-6-14-5-4-13-12(14)9-15/h4-5,10H,1-3,6-9H2. The lowest BCUT2D eigenvalue weighted by molar-refractivity contribution is -0.122. The molecule has 0 N–H and O–H groups in total. The van der Waals surface area contributed by atoms with Gasteiger partial charge in [-0.3, -0.25) is 9.69 Å². The first-order chi connectivity index (χ1) is 7.83. The summed E-state index contributed by atoms with van der Waals surface area (Å²) < 4.78 is 2.21. The molecule has 1 aliphatic carbocycles. The molecule has 0 aromatic carbocycles. The molecule has 4 heteroatoms. The number of nitrogens with zero attached hydrogens (tertiary/aromatic N) is 3. The molecule has 1 aromatic heterocycles. The van der Waals surface area contributed by atoms with E-state index in [1.54, 1.807) is 0 Å². The maximum absolute atomic E-state index is 11.5. The second-order valence-electron chi connectivity index (χ2n) is 4.80. The normalized spacial score (nSPS) is 26.8. The van der Waals surface area contributed by atoms with Crippen LogP contribution in [0.25, 0.3) is 0 Å². The van der Waals surface area contributed by atoms with Crippen LogP contribution in [-0.4, -0.2) is 32.8 Å². The van der Waals surface area contributed by atoms with Gasteiger partial charge in [0.25, 0.3) is 0 Å². The highest BCUT2D eigenvalue weighted by Crippen LogP contribution is 2.23. The summed E-state index contributed by atoms with van der Waals surface area (Å²) in [5, 5.41) is 0. The van der Waals surface area contributed by atoms with Crippen molar-refractivity contribution in [2.45, 2.75) is 44.8 Å². The van der Waals surface area contributed by atoms with Crippen molar-refractivity contribution in [3.8, 4) is 0 Å². The first-order valence-corrected chi connectivity index (χ1v) is 6.09. The van der Waals surface area contributed by atoms with Crippen LogP contribution in [0.5, 0.6) is 0 Å². The van der Waals surface area contributed by atoms with Gasteiger partial charge >= 0.3 is 0 Å². The molecule has 1 atom stereocenters. The first kappa shape index (κ1) is 10.0. The van der Waals surface area contributed by atoms with E-state index >= 15 is 0 Å². The summed E-state index contributed by atoms with van der Waals surface area (Å²) in [6, 6.07) is 0.465. The lowest BCUT2D eigenvalue weighted by Crippen LogP contribution is -2.43. The van der Waals surface area contributed by atoms with E-state index in [4.69, 9.17) is 0 Å². The quantitative estimate of drug-likeness (QED) is 0.712. The number of ketones is 1. The van der Waals surface area contributed by atoms with Crippen molar-refractivity contribution >= 4 is 5.78 Å². The van der Waals surface area contributed by atoms with E-state index in [0.717, 1.165) is 44.7 Å². The van der Waals surface area contributed by atoms with Crippen molar-refractivity contribution in [1.82, 2.24) is 14.5 Å². The molecular formula is C12H17N3O. The molecule has 0 saturated heterocycles.